The molecule has 1 rings (SSSR count). The molecule has 1 aromatic carbocycles. The maximum atomic E-state index is 13.1. The molecule has 0 bridgehead atoms. The van der Waals surface area contributed by atoms with E-state index in [2.05, 4.69) is 37.2 Å². The van der Waals surface area contributed by atoms with E-state index in [4.69, 9.17) is 4.74 Å². The van der Waals surface area contributed by atoms with Crippen molar-refractivity contribution in [1.29, 1.82) is 0 Å². The predicted octanol–water partition coefficient (Wildman–Crippen LogP) is 3.12. The number of halogens is 3. The lowest BCUT2D eigenvalue weighted by Crippen LogP contribution is -2.38. The fourth-order valence-electron chi connectivity index (χ4n) is 1.46. The second-order valence-corrected chi connectivity index (χ2v) is 5.37. The predicted molar refractivity (Wildman–Crippen MR) is 75.6 cm³/mol. The van der Waals surface area contributed by atoms with Crippen LogP contribution in [0.3, 0.4) is 0 Å². The van der Waals surface area contributed by atoms with Gasteiger partial charge >= 0.3 is 0 Å². The van der Waals surface area contributed by atoms with Crippen LogP contribution in [-0.2, 0) is 4.74 Å². The van der Waals surface area contributed by atoms with Crippen molar-refractivity contribution in [3.8, 4) is 0 Å². The lowest BCUT2D eigenvalue weighted by molar-refractivity contribution is 0.0894. The largest absolute Gasteiger partial charge is 0.383 e. The van der Waals surface area contributed by atoms with Crippen molar-refractivity contribution in [1.82, 2.24) is 5.32 Å². The average molecular weight is 383 g/mol. The standard InChI is InChI=1S/C12H14Br2FNO2/c1-18-7-9(4-5-13)16-12(17)10-6-8(15)2-3-11(10)14/h2-3,6,9H,4-5,7H2,1H3,(H,16,17). The van der Waals surface area contributed by atoms with E-state index < -0.39 is 5.82 Å². The molecule has 0 spiro atoms. The van der Waals surface area contributed by atoms with Crippen LogP contribution in [-0.4, -0.2) is 31.0 Å². The summed E-state index contributed by atoms with van der Waals surface area (Å²) in [4.78, 5) is 12.0. The van der Waals surface area contributed by atoms with Crippen LogP contribution in [0.15, 0.2) is 22.7 Å². The first-order chi connectivity index (χ1) is 8.58. The second kappa shape index (κ2) is 7.86. The summed E-state index contributed by atoms with van der Waals surface area (Å²) >= 11 is 6.55. The smallest absolute Gasteiger partial charge is 0.252 e. The summed E-state index contributed by atoms with van der Waals surface area (Å²) in [5, 5.41) is 3.57. The Morgan fingerprint density at radius 3 is 2.89 bits per heavy atom. The number of methoxy groups -OCH3 is 1. The summed E-state index contributed by atoms with van der Waals surface area (Å²) in [6.45, 7) is 0.421. The van der Waals surface area contributed by atoms with Crippen molar-refractivity contribution in [3.05, 3.63) is 34.1 Å². The van der Waals surface area contributed by atoms with Gasteiger partial charge < -0.3 is 10.1 Å². The molecule has 1 aromatic rings. The van der Waals surface area contributed by atoms with Crippen LogP contribution in [0.2, 0.25) is 0 Å². The lowest BCUT2D eigenvalue weighted by Gasteiger charge is -2.17. The average Bonchev–Trinajstić information content (AvgIpc) is 2.33. The van der Waals surface area contributed by atoms with Gasteiger partial charge in [-0.3, -0.25) is 4.79 Å². The highest BCUT2D eigenvalue weighted by molar-refractivity contribution is 9.10. The van der Waals surface area contributed by atoms with Crippen LogP contribution in [0.5, 0.6) is 0 Å². The number of carbonyl (C=O) groups is 1. The zero-order chi connectivity index (χ0) is 13.5. The maximum Gasteiger partial charge on any atom is 0.252 e. The molecule has 1 N–H and O–H groups in total. The van der Waals surface area contributed by atoms with Gasteiger partial charge in [-0.2, -0.15) is 0 Å². The number of rotatable bonds is 6. The monoisotopic (exact) mass is 381 g/mol. The van der Waals surface area contributed by atoms with Crippen molar-refractivity contribution in [3.63, 3.8) is 0 Å². The summed E-state index contributed by atoms with van der Waals surface area (Å²) in [5.41, 5.74) is 0.283. The molecule has 0 aromatic heterocycles. The number of benzene rings is 1. The summed E-state index contributed by atoms with van der Waals surface area (Å²) < 4.78 is 18.7. The Morgan fingerprint density at radius 2 is 2.28 bits per heavy atom. The van der Waals surface area contributed by atoms with Crippen LogP contribution in [0.4, 0.5) is 4.39 Å². The fraction of sp³-hybridized carbons (Fsp3) is 0.417. The number of carbonyl (C=O) groups excluding carboxylic acids is 1. The SMILES string of the molecule is COCC(CCBr)NC(=O)c1cc(F)ccc1Br. The first kappa shape index (κ1) is 15.6. The van der Waals surface area contributed by atoms with E-state index in [0.717, 1.165) is 11.8 Å². The van der Waals surface area contributed by atoms with E-state index in [1.54, 1.807) is 7.11 Å². The number of amides is 1. The van der Waals surface area contributed by atoms with E-state index in [1.807, 2.05) is 0 Å². The molecular formula is C12H14Br2FNO2. The van der Waals surface area contributed by atoms with Gasteiger partial charge in [-0.15, -0.1) is 0 Å². The molecule has 0 fully saturated rings. The number of alkyl halides is 1. The molecule has 1 amide bonds. The summed E-state index contributed by atoms with van der Waals surface area (Å²) in [6.07, 6.45) is 0.743. The molecule has 0 heterocycles. The van der Waals surface area contributed by atoms with Gasteiger partial charge in [-0.1, -0.05) is 15.9 Å². The Morgan fingerprint density at radius 1 is 1.56 bits per heavy atom. The van der Waals surface area contributed by atoms with Gasteiger partial charge in [0.15, 0.2) is 0 Å². The first-order valence-corrected chi connectivity index (χ1v) is 7.30. The third kappa shape index (κ3) is 4.66. The molecule has 100 valence electrons. The summed E-state index contributed by atoms with van der Waals surface area (Å²) in [7, 11) is 1.57. The Kier molecular flexibility index (Phi) is 6.81. The van der Waals surface area contributed by atoms with Crippen LogP contribution >= 0.6 is 31.9 Å². The minimum Gasteiger partial charge on any atom is -0.383 e. The molecule has 0 radical (unpaired) electrons. The molecule has 0 aliphatic rings. The van der Waals surface area contributed by atoms with Crippen molar-refractivity contribution in [2.45, 2.75) is 12.5 Å². The molecule has 6 heteroatoms. The zero-order valence-corrected chi connectivity index (χ0v) is 13.1. The fourth-order valence-corrected chi connectivity index (χ4v) is 2.44. The van der Waals surface area contributed by atoms with Crippen LogP contribution in [0, 0.1) is 5.82 Å². The number of nitrogens with one attached hydrogen (secondary N) is 1. The first-order valence-electron chi connectivity index (χ1n) is 5.39. The highest BCUT2D eigenvalue weighted by atomic mass is 79.9. The van der Waals surface area contributed by atoms with Crippen molar-refractivity contribution in [2.24, 2.45) is 0 Å². The van der Waals surface area contributed by atoms with E-state index >= 15 is 0 Å². The van der Waals surface area contributed by atoms with Gasteiger partial charge in [0.25, 0.3) is 5.91 Å². The van der Waals surface area contributed by atoms with Gasteiger partial charge in [0.05, 0.1) is 18.2 Å². The number of ether oxygens (including phenoxy) is 1. The Labute approximate surface area is 122 Å². The molecule has 0 saturated carbocycles. The van der Waals surface area contributed by atoms with E-state index in [9.17, 15) is 9.18 Å². The Bertz CT molecular complexity index is 409. The third-order valence-electron chi connectivity index (χ3n) is 2.33. The van der Waals surface area contributed by atoms with Crippen molar-refractivity contribution in [2.75, 3.05) is 19.0 Å². The van der Waals surface area contributed by atoms with Gasteiger partial charge in [-0.05, 0) is 40.5 Å². The van der Waals surface area contributed by atoms with Crippen molar-refractivity contribution >= 4 is 37.8 Å². The molecule has 0 saturated heterocycles. The highest BCUT2D eigenvalue weighted by Crippen LogP contribution is 2.18. The van der Waals surface area contributed by atoms with Gasteiger partial charge in [-0.25, -0.2) is 4.39 Å². The lowest BCUT2D eigenvalue weighted by atomic mass is 10.1. The summed E-state index contributed by atoms with van der Waals surface area (Å²) in [5.74, 6) is -0.753. The van der Waals surface area contributed by atoms with Gasteiger partial charge in [0.1, 0.15) is 5.82 Å². The quantitative estimate of drug-likeness (QED) is 0.767. The molecular weight excluding hydrogens is 369 g/mol. The van der Waals surface area contributed by atoms with Crippen LogP contribution < -0.4 is 5.32 Å². The number of hydrogen-bond donors (Lipinski definition) is 1. The molecule has 0 aliphatic carbocycles. The van der Waals surface area contributed by atoms with Gasteiger partial charge in [0, 0.05) is 16.9 Å². The van der Waals surface area contributed by atoms with E-state index in [0.29, 0.717) is 11.1 Å². The minimum atomic E-state index is -0.438. The Balaban J connectivity index is 2.76. The zero-order valence-electron chi connectivity index (χ0n) is 9.88. The summed E-state index contributed by atoms with van der Waals surface area (Å²) in [6, 6.07) is 3.92. The molecule has 18 heavy (non-hydrogen) atoms. The molecule has 0 aliphatic heterocycles. The molecule has 1 unspecified atom stereocenters. The molecule has 3 nitrogen and oxygen atoms in total. The van der Waals surface area contributed by atoms with Crippen LogP contribution in [0.1, 0.15) is 16.8 Å². The Hall–Kier alpha value is -0.460. The van der Waals surface area contributed by atoms with Crippen LogP contribution in [0.25, 0.3) is 0 Å². The maximum absolute atomic E-state index is 13.1. The minimum absolute atomic E-state index is 0.1000. The highest BCUT2D eigenvalue weighted by Gasteiger charge is 2.16. The third-order valence-corrected chi connectivity index (χ3v) is 3.48. The van der Waals surface area contributed by atoms with E-state index in [-0.39, 0.29) is 17.5 Å². The second-order valence-electron chi connectivity index (χ2n) is 3.73. The molecule has 1 atom stereocenters. The van der Waals surface area contributed by atoms with E-state index in [1.165, 1.54) is 18.2 Å². The van der Waals surface area contributed by atoms with Gasteiger partial charge in [0.2, 0.25) is 0 Å². The number of hydrogen-bond acceptors (Lipinski definition) is 2. The normalized spacial score (nSPS) is 12.2. The topological polar surface area (TPSA) is 38.3 Å². The van der Waals surface area contributed by atoms with Crippen molar-refractivity contribution < 1.29 is 13.9 Å².